The quantitative estimate of drug-likeness (QED) is 0.0980. The number of nitrogens with one attached hydrogen (secondary N) is 5. The number of hydrogen-bond donors (Lipinski definition) is 7. The summed E-state index contributed by atoms with van der Waals surface area (Å²) in [5, 5.41) is 13.5. The van der Waals surface area contributed by atoms with Crippen LogP contribution in [0.2, 0.25) is 0 Å². The highest BCUT2D eigenvalue weighted by atomic mass is 32.2. The number of carbonyl (C=O) groups is 3. The molecule has 1 heterocycles. The van der Waals surface area contributed by atoms with E-state index in [9.17, 15) is 22.8 Å². The predicted molar refractivity (Wildman–Crippen MR) is 155 cm³/mol. The van der Waals surface area contributed by atoms with E-state index >= 15 is 0 Å². The standard InChI is InChI=1S/C27H35N7O6S/c1-3-41(38,39)34-23(12-18-15-31-21-9-8-19(40-2)13-20(18)21)27(37)33-22(10-11-24(28)35)26(36)32-14-16-4-6-17(7-5-16)25(29)30/h4-9,13,15,22-23,31,34H,3,10-12,14H2,1-2H3,(H2,28,35)(H3,29,30)(H,32,36)(H,33,37). The number of nitrogen functional groups attached to an aromatic ring is 1. The highest BCUT2D eigenvalue weighted by Crippen LogP contribution is 2.24. The third-order valence-corrected chi connectivity index (χ3v) is 7.86. The van der Waals surface area contributed by atoms with Crippen molar-refractivity contribution < 1.29 is 27.5 Å². The van der Waals surface area contributed by atoms with Gasteiger partial charge >= 0.3 is 0 Å². The molecule has 9 N–H and O–H groups in total. The fraction of sp³-hybridized carbons (Fsp3) is 0.333. The number of carbonyl (C=O) groups excluding carboxylic acids is 3. The zero-order valence-electron chi connectivity index (χ0n) is 22.8. The van der Waals surface area contributed by atoms with Crippen LogP contribution >= 0.6 is 0 Å². The lowest BCUT2D eigenvalue weighted by Crippen LogP contribution is -2.54. The van der Waals surface area contributed by atoms with Crippen LogP contribution in [0.5, 0.6) is 5.75 Å². The molecule has 2 unspecified atom stereocenters. The molecule has 0 radical (unpaired) electrons. The Kier molecular flexibility index (Phi) is 10.4. The molecular formula is C27H35N7O6S. The number of primary amides is 1. The number of sulfonamides is 1. The fourth-order valence-corrected chi connectivity index (χ4v) is 4.89. The van der Waals surface area contributed by atoms with E-state index in [1.54, 1.807) is 48.7 Å². The Morgan fingerprint density at radius 1 is 1.05 bits per heavy atom. The normalized spacial score (nSPS) is 12.8. The molecule has 14 heteroatoms. The molecule has 0 saturated carbocycles. The topological polar surface area (TPSA) is 222 Å². The van der Waals surface area contributed by atoms with Crippen LogP contribution < -0.4 is 31.6 Å². The number of methoxy groups -OCH3 is 1. The lowest BCUT2D eigenvalue weighted by atomic mass is 10.0. The first kappa shape index (κ1) is 31.1. The zero-order chi connectivity index (χ0) is 30.2. The second-order valence-corrected chi connectivity index (χ2v) is 11.4. The highest BCUT2D eigenvalue weighted by Gasteiger charge is 2.29. The van der Waals surface area contributed by atoms with E-state index in [0.29, 0.717) is 22.4 Å². The number of ether oxygens (including phenoxy) is 1. The second-order valence-electron chi connectivity index (χ2n) is 9.40. The van der Waals surface area contributed by atoms with Crippen LogP contribution in [0.1, 0.15) is 36.5 Å². The molecule has 0 saturated heterocycles. The van der Waals surface area contributed by atoms with Gasteiger partial charge in [0, 0.05) is 35.6 Å². The highest BCUT2D eigenvalue weighted by molar-refractivity contribution is 7.89. The van der Waals surface area contributed by atoms with Gasteiger partial charge in [-0.1, -0.05) is 24.3 Å². The number of amides is 3. The maximum atomic E-state index is 13.5. The molecule has 0 aliphatic rings. The molecule has 0 bridgehead atoms. The van der Waals surface area contributed by atoms with E-state index in [-0.39, 0.29) is 37.4 Å². The van der Waals surface area contributed by atoms with Crippen molar-refractivity contribution >= 4 is 44.5 Å². The van der Waals surface area contributed by atoms with Gasteiger partial charge in [-0.15, -0.1) is 0 Å². The van der Waals surface area contributed by atoms with E-state index in [1.807, 2.05) is 0 Å². The molecule has 3 amide bonds. The maximum Gasteiger partial charge on any atom is 0.242 e. The summed E-state index contributed by atoms with van der Waals surface area (Å²) in [6.07, 6.45) is 1.39. The number of hydrogen-bond acceptors (Lipinski definition) is 7. The molecule has 0 fully saturated rings. The van der Waals surface area contributed by atoms with Gasteiger partial charge in [0.05, 0.1) is 12.9 Å². The number of rotatable bonds is 15. The largest absolute Gasteiger partial charge is 0.497 e. The van der Waals surface area contributed by atoms with Crippen LogP contribution in [0.25, 0.3) is 10.9 Å². The van der Waals surface area contributed by atoms with Gasteiger partial charge in [-0.3, -0.25) is 19.8 Å². The molecular weight excluding hydrogens is 550 g/mol. The van der Waals surface area contributed by atoms with Crippen LogP contribution in [0, 0.1) is 5.41 Å². The van der Waals surface area contributed by atoms with Crippen LogP contribution in [-0.4, -0.2) is 61.9 Å². The van der Waals surface area contributed by atoms with E-state index < -0.39 is 39.8 Å². The molecule has 0 spiro atoms. The van der Waals surface area contributed by atoms with Gasteiger partial charge < -0.3 is 31.8 Å². The Hall–Kier alpha value is -4.43. The van der Waals surface area contributed by atoms with E-state index in [4.69, 9.17) is 21.6 Å². The monoisotopic (exact) mass is 585 g/mol. The van der Waals surface area contributed by atoms with E-state index in [0.717, 1.165) is 10.9 Å². The number of fused-ring (bicyclic) bond motifs is 1. The first-order valence-corrected chi connectivity index (χ1v) is 14.5. The Bertz CT molecular complexity index is 1520. The van der Waals surface area contributed by atoms with Gasteiger partial charge in [0.1, 0.15) is 23.7 Å². The number of benzene rings is 2. The van der Waals surface area contributed by atoms with Crippen molar-refractivity contribution in [3.05, 3.63) is 65.4 Å². The minimum Gasteiger partial charge on any atom is -0.497 e. The fourth-order valence-electron chi connectivity index (χ4n) is 4.10. The van der Waals surface area contributed by atoms with Gasteiger partial charge in [-0.25, -0.2) is 13.1 Å². The van der Waals surface area contributed by atoms with Crippen LogP contribution in [0.4, 0.5) is 0 Å². The van der Waals surface area contributed by atoms with E-state index in [1.165, 1.54) is 14.0 Å². The summed E-state index contributed by atoms with van der Waals surface area (Å²) in [6, 6.07) is 9.60. The maximum absolute atomic E-state index is 13.5. The molecule has 220 valence electrons. The van der Waals surface area contributed by atoms with Gasteiger partial charge in [-0.2, -0.15) is 0 Å². The average molecular weight is 586 g/mol. The van der Waals surface area contributed by atoms with Crippen molar-refractivity contribution in [1.29, 1.82) is 5.41 Å². The third kappa shape index (κ3) is 8.78. The number of nitrogens with two attached hydrogens (primary N) is 2. The lowest BCUT2D eigenvalue weighted by Gasteiger charge is -2.23. The van der Waals surface area contributed by atoms with Crippen LogP contribution in [0.3, 0.4) is 0 Å². The molecule has 2 atom stereocenters. The van der Waals surface area contributed by atoms with Crippen molar-refractivity contribution in [2.45, 2.75) is 44.8 Å². The van der Waals surface area contributed by atoms with E-state index in [2.05, 4.69) is 20.3 Å². The van der Waals surface area contributed by atoms with Crippen molar-refractivity contribution in [1.82, 2.24) is 20.3 Å². The second kappa shape index (κ2) is 13.8. The Morgan fingerprint density at radius 2 is 1.76 bits per heavy atom. The zero-order valence-corrected chi connectivity index (χ0v) is 23.6. The van der Waals surface area contributed by atoms with Gasteiger partial charge in [0.15, 0.2) is 0 Å². The van der Waals surface area contributed by atoms with Crippen molar-refractivity contribution in [2.75, 3.05) is 12.9 Å². The van der Waals surface area contributed by atoms with Gasteiger partial charge in [0.2, 0.25) is 27.7 Å². The summed E-state index contributed by atoms with van der Waals surface area (Å²) < 4.78 is 32.7. The molecule has 0 aliphatic carbocycles. The Labute approximate surface area is 237 Å². The minimum absolute atomic E-state index is 0.0229. The summed E-state index contributed by atoms with van der Waals surface area (Å²) in [4.78, 5) is 41.1. The summed E-state index contributed by atoms with van der Waals surface area (Å²) >= 11 is 0. The summed E-state index contributed by atoms with van der Waals surface area (Å²) in [6.45, 7) is 1.54. The summed E-state index contributed by atoms with van der Waals surface area (Å²) in [5.74, 6) is -1.74. The molecule has 2 aromatic carbocycles. The average Bonchev–Trinajstić information content (AvgIpc) is 3.35. The molecule has 41 heavy (non-hydrogen) atoms. The summed E-state index contributed by atoms with van der Waals surface area (Å²) in [5.41, 5.74) is 13.4. The lowest BCUT2D eigenvalue weighted by molar-refractivity contribution is -0.130. The first-order valence-electron chi connectivity index (χ1n) is 12.9. The molecule has 1 aromatic heterocycles. The van der Waals surface area contributed by atoms with Gasteiger partial charge in [0.25, 0.3) is 0 Å². The minimum atomic E-state index is -3.82. The van der Waals surface area contributed by atoms with Crippen LogP contribution in [0.15, 0.2) is 48.7 Å². The molecule has 3 rings (SSSR count). The molecule has 0 aliphatic heterocycles. The Balaban J connectivity index is 1.80. The number of H-pyrrole nitrogens is 1. The SMILES string of the molecule is CCS(=O)(=O)NC(Cc1c[nH]c2ccc(OC)cc12)C(=O)NC(CCC(N)=O)C(=O)NCc1ccc(C(=N)N)cc1. The van der Waals surface area contributed by atoms with Crippen molar-refractivity contribution in [2.24, 2.45) is 11.5 Å². The van der Waals surface area contributed by atoms with Gasteiger partial charge in [-0.05, 0) is 49.1 Å². The van der Waals surface area contributed by atoms with Crippen LogP contribution in [-0.2, 0) is 37.4 Å². The summed E-state index contributed by atoms with van der Waals surface area (Å²) in [7, 11) is -2.29. The first-order chi connectivity index (χ1) is 19.4. The number of aromatic nitrogens is 1. The third-order valence-electron chi connectivity index (χ3n) is 6.46. The predicted octanol–water partition coefficient (Wildman–Crippen LogP) is 0.378. The molecule has 13 nitrogen and oxygen atoms in total. The number of amidine groups is 1. The molecule has 3 aromatic rings. The smallest absolute Gasteiger partial charge is 0.242 e. The Morgan fingerprint density at radius 3 is 2.37 bits per heavy atom. The van der Waals surface area contributed by atoms with Crippen molar-refractivity contribution in [3.8, 4) is 5.75 Å². The van der Waals surface area contributed by atoms with Crippen molar-refractivity contribution in [3.63, 3.8) is 0 Å². The number of aromatic amines is 1.